The van der Waals surface area contributed by atoms with E-state index in [-0.39, 0.29) is 10.0 Å². The van der Waals surface area contributed by atoms with Crippen molar-refractivity contribution in [3.05, 3.63) is 0 Å². The molecule has 0 saturated carbocycles. The van der Waals surface area contributed by atoms with Crippen LogP contribution in [-0.4, -0.2) is 23.0 Å². The highest BCUT2D eigenvalue weighted by molar-refractivity contribution is 8.33. The lowest BCUT2D eigenvalue weighted by Crippen LogP contribution is -2.12. The maximum absolute atomic E-state index is 2.36. The van der Waals surface area contributed by atoms with Crippen LogP contribution in [0.25, 0.3) is 0 Å². The normalized spacial score (nSPS) is 13.6. The molecule has 0 bridgehead atoms. The molecule has 0 aliphatic carbocycles. The van der Waals surface area contributed by atoms with Crippen molar-refractivity contribution in [1.29, 1.82) is 0 Å². The fraction of sp³-hybridized carbons (Fsp3) is 1.00. The van der Waals surface area contributed by atoms with Crippen LogP contribution in [0.5, 0.6) is 0 Å². The van der Waals surface area contributed by atoms with Crippen molar-refractivity contribution in [3.8, 4) is 0 Å². The molecule has 0 radical (unpaired) electrons. The van der Waals surface area contributed by atoms with Crippen LogP contribution < -0.4 is 0 Å². The Kier molecular flexibility index (Phi) is 5.24. The molecule has 0 N–H and O–H groups in total. The van der Waals surface area contributed by atoms with Crippen LogP contribution in [0.1, 0.15) is 34.1 Å². The Morgan fingerprint density at radius 2 is 1.20 bits per heavy atom. The minimum Gasteiger partial charge on any atom is -0.242 e. The number of hydrogen-bond donors (Lipinski definition) is 0. The quantitative estimate of drug-likeness (QED) is 0.582. The summed E-state index contributed by atoms with van der Waals surface area (Å²) in [6.07, 6.45) is 1.38. The fourth-order valence-corrected chi connectivity index (χ4v) is 4.44. The molecule has 0 amide bonds. The van der Waals surface area contributed by atoms with Crippen LogP contribution in [0.4, 0.5) is 0 Å². The lowest BCUT2D eigenvalue weighted by Gasteiger charge is -2.36. The van der Waals surface area contributed by atoms with Crippen molar-refractivity contribution >= 4 is 10.0 Å². The third-order valence-corrected chi connectivity index (χ3v) is 7.42. The summed E-state index contributed by atoms with van der Waals surface area (Å²) < 4.78 is 0. The van der Waals surface area contributed by atoms with E-state index in [1.54, 1.807) is 0 Å². The van der Waals surface area contributed by atoms with E-state index in [9.17, 15) is 0 Å². The summed E-state index contributed by atoms with van der Waals surface area (Å²) in [4.78, 5) is 0. The average molecular weight is 162 g/mol. The molecule has 0 aliphatic heterocycles. The molecule has 64 valence electrons. The average Bonchev–Trinajstić information content (AvgIpc) is 2.01. The van der Waals surface area contributed by atoms with E-state index < -0.39 is 0 Å². The maximum Gasteiger partial charge on any atom is -0.0231 e. The molecular formula is C9H22S. The molecule has 0 fully saturated rings. The molecule has 0 aromatic heterocycles. The van der Waals surface area contributed by atoms with Gasteiger partial charge in [-0.05, 0) is 29.4 Å². The fourth-order valence-electron chi connectivity index (χ4n) is 1.48. The highest BCUT2D eigenvalue weighted by Crippen LogP contribution is 2.46. The molecule has 0 aliphatic rings. The first kappa shape index (κ1) is 10.3. The van der Waals surface area contributed by atoms with E-state index in [1.807, 2.05) is 0 Å². The molecular weight excluding hydrogens is 140 g/mol. The third-order valence-electron chi connectivity index (χ3n) is 2.47. The minimum atomic E-state index is -0.160. The van der Waals surface area contributed by atoms with E-state index in [1.165, 1.54) is 29.4 Å². The Labute approximate surface area is 67.7 Å². The van der Waals surface area contributed by atoms with Crippen molar-refractivity contribution in [2.24, 2.45) is 0 Å². The predicted molar refractivity (Wildman–Crippen MR) is 54.4 cm³/mol. The van der Waals surface area contributed by atoms with Crippen molar-refractivity contribution in [2.75, 3.05) is 23.0 Å². The minimum absolute atomic E-state index is 0.160. The van der Waals surface area contributed by atoms with Gasteiger partial charge in [0, 0.05) is 0 Å². The zero-order valence-electron chi connectivity index (χ0n) is 7.94. The second-order valence-electron chi connectivity index (χ2n) is 2.79. The summed E-state index contributed by atoms with van der Waals surface area (Å²) in [7, 11) is -0.160. The molecule has 1 heteroatoms. The molecule has 0 aromatic rings. The van der Waals surface area contributed by atoms with Crippen molar-refractivity contribution in [3.63, 3.8) is 0 Å². The van der Waals surface area contributed by atoms with Crippen LogP contribution in [0.2, 0.25) is 0 Å². The summed E-state index contributed by atoms with van der Waals surface area (Å²) in [5.41, 5.74) is 0. The van der Waals surface area contributed by atoms with Gasteiger partial charge in [0.1, 0.15) is 0 Å². The van der Waals surface area contributed by atoms with Crippen LogP contribution in [0, 0.1) is 0 Å². The summed E-state index contributed by atoms with van der Waals surface area (Å²) >= 11 is 0. The molecule has 0 nitrogen and oxygen atoms in total. The van der Waals surface area contributed by atoms with Crippen LogP contribution in [-0.2, 0) is 0 Å². The zero-order chi connectivity index (χ0) is 8.04. The van der Waals surface area contributed by atoms with Crippen molar-refractivity contribution < 1.29 is 0 Å². The molecule has 0 rings (SSSR count). The maximum atomic E-state index is 2.36. The first-order valence-electron chi connectivity index (χ1n) is 4.48. The predicted octanol–water partition coefficient (Wildman–Crippen LogP) is 3.26. The standard InChI is InChI=1S/C9H22S/c1-5-9-10(6-2,7-3)8-4/h5-9H2,1-4H3. The van der Waals surface area contributed by atoms with Gasteiger partial charge < -0.3 is 0 Å². The Hall–Kier alpha value is 0.350. The smallest absolute Gasteiger partial charge is 0.0231 e. The van der Waals surface area contributed by atoms with Crippen molar-refractivity contribution in [1.82, 2.24) is 0 Å². The molecule has 10 heavy (non-hydrogen) atoms. The van der Waals surface area contributed by atoms with Crippen LogP contribution in [0.3, 0.4) is 0 Å². The lowest BCUT2D eigenvalue weighted by atomic mass is 10.6. The highest BCUT2D eigenvalue weighted by atomic mass is 32.3. The van der Waals surface area contributed by atoms with Gasteiger partial charge in [-0.1, -0.05) is 27.7 Å². The molecule has 0 saturated heterocycles. The Bertz CT molecular complexity index is 66.5. The highest BCUT2D eigenvalue weighted by Gasteiger charge is 2.15. The van der Waals surface area contributed by atoms with Crippen LogP contribution in [0.15, 0.2) is 0 Å². The summed E-state index contributed by atoms with van der Waals surface area (Å²) in [6, 6.07) is 0. The molecule has 0 atom stereocenters. The summed E-state index contributed by atoms with van der Waals surface area (Å²) in [6.45, 7) is 9.39. The largest absolute Gasteiger partial charge is 0.242 e. The Morgan fingerprint density at radius 3 is 1.30 bits per heavy atom. The van der Waals surface area contributed by atoms with E-state index in [4.69, 9.17) is 0 Å². The number of rotatable bonds is 5. The zero-order valence-corrected chi connectivity index (χ0v) is 8.76. The van der Waals surface area contributed by atoms with E-state index >= 15 is 0 Å². The van der Waals surface area contributed by atoms with Gasteiger partial charge >= 0.3 is 0 Å². The summed E-state index contributed by atoms with van der Waals surface area (Å²) in [5.74, 6) is 5.81. The SMILES string of the molecule is CCCS(CC)(CC)CC. The molecule has 0 spiro atoms. The lowest BCUT2D eigenvalue weighted by molar-refractivity contribution is 1.08. The van der Waals surface area contributed by atoms with Gasteiger partial charge in [-0.2, -0.15) is 0 Å². The monoisotopic (exact) mass is 162 g/mol. The van der Waals surface area contributed by atoms with Crippen LogP contribution >= 0.6 is 10.0 Å². The van der Waals surface area contributed by atoms with E-state index in [0.717, 1.165) is 0 Å². The number of hydrogen-bond acceptors (Lipinski definition) is 0. The molecule has 0 aromatic carbocycles. The first-order chi connectivity index (χ1) is 4.74. The first-order valence-corrected chi connectivity index (χ1v) is 6.79. The van der Waals surface area contributed by atoms with Gasteiger partial charge in [0.05, 0.1) is 0 Å². The van der Waals surface area contributed by atoms with Gasteiger partial charge in [0.15, 0.2) is 0 Å². The Balaban J connectivity index is 3.87. The second kappa shape index (κ2) is 5.06. The molecule has 0 unspecified atom stereocenters. The van der Waals surface area contributed by atoms with E-state index in [2.05, 4.69) is 27.7 Å². The third kappa shape index (κ3) is 2.53. The van der Waals surface area contributed by atoms with Gasteiger partial charge in [-0.25, -0.2) is 10.0 Å². The van der Waals surface area contributed by atoms with Gasteiger partial charge in [-0.3, -0.25) is 0 Å². The van der Waals surface area contributed by atoms with E-state index in [0.29, 0.717) is 0 Å². The Morgan fingerprint density at radius 1 is 0.800 bits per heavy atom. The second-order valence-corrected chi connectivity index (χ2v) is 7.38. The molecule has 0 heterocycles. The summed E-state index contributed by atoms with van der Waals surface area (Å²) in [5, 5.41) is 0. The van der Waals surface area contributed by atoms with Gasteiger partial charge in [0.2, 0.25) is 0 Å². The topological polar surface area (TPSA) is 0 Å². The van der Waals surface area contributed by atoms with Gasteiger partial charge in [0.25, 0.3) is 0 Å². The van der Waals surface area contributed by atoms with Gasteiger partial charge in [-0.15, -0.1) is 0 Å². The van der Waals surface area contributed by atoms with Crippen molar-refractivity contribution in [2.45, 2.75) is 34.1 Å².